The Morgan fingerprint density at radius 2 is 1.75 bits per heavy atom. The lowest BCUT2D eigenvalue weighted by Gasteiger charge is -2.28. The molecule has 3 aliphatic rings. The maximum absolute atomic E-state index is 5.99. The molecule has 0 saturated carbocycles. The summed E-state index contributed by atoms with van der Waals surface area (Å²) in [6, 6.07) is 0. The van der Waals surface area contributed by atoms with Gasteiger partial charge in [0.2, 0.25) is 0 Å². The van der Waals surface area contributed by atoms with Crippen LogP contribution in [0.3, 0.4) is 0 Å². The molecule has 0 amide bonds. The first kappa shape index (κ1) is 14.7. The molecule has 0 radical (unpaired) electrons. The van der Waals surface area contributed by atoms with Crippen molar-refractivity contribution in [1.82, 2.24) is 0 Å². The quantitative estimate of drug-likeness (QED) is 0.783. The molecule has 0 aromatic carbocycles. The lowest BCUT2D eigenvalue weighted by atomic mass is 10.1. The minimum absolute atomic E-state index is 0.164. The van der Waals surface area contributed by atoms with E-state index < -0.39 is 17.9 Å². The van der Waals surface area contributed by atoms with Gasteiger partial charge in [0.05, 0.1) is 6.61 Å². The minimum atomic E-state index is -0.637. The fourth-order valence-electron chi connectivity index (χ4n) is 3.06. The van der Waals surface area contributed by atoms with Crippen molar-refractivity contribution in [1.29, 1.82) is 0 Å². The summed E-state index contributed by atoms with van der Waals surface area (Å²) in [4.78, 5) is 0. The number of rotatable bonds is 3. The molecule has 0 unspecified atom stereocenters. The van der Waals surface area contributed by atoms with Gasteiger partial charge in [0.1, 0.15) is 24.4 Å². The third-order valence-corrected chi connectivity index (χ3v) is 3.78. The van der Waals surface area contributed by atoms with Crippen LogP contribution in [-0.4, -0.2) is 55.5 Å². The predicted octanol–water partition coefficient (Wildman–Crippen LogP) is 1.42. The lowest BCUT2D eigenvalue weighted by Crippen LogP contribution is -2.44. The Morgan fingerprint density at radius 3 is 2.35 bits per heavy atom. The maximum Gasteiger partial charge on any atom is 0.190 e. The van der Waals surface area contributed by atoms with Gasteiger partial charge in [-0.05, 0) is 34.6 Å². The molecule has 3 heterocycles. The molecule has 0 aliphatic carbocycles. The molecule has 0 N–H and O–H groups in total. The maximum atomic E-state index is 5.99. The van der Waals surface area contributed by atoms with Crippen molar-refractivity contribution < 1.29 is 28.4 Å². The molecule has 0 spiro atoms. The number of fused-ring (bicyclic) bond motifs is 1. The molecule has 3 rings (SSSR count). The Hall–Kier alpha value is -0.240. The summed E-state index contributed by atoms with van der Waals surface area (Å²) in [7, 11) is 0. The van der Waals surface area contributed by atoms with Crippen LogP contribution in [0.15, 0.2) is 0 Å². The highest BCUT2D eigenvalue weighted by atomic mass is 16.8. The highest BCUT2D eigenvalue weighted by molar-refractivity contribution is 4.98. The Bertz CT molecular complexity index is 369. The second-order valence-corrected chi connectivity index (χ2v) is 6.36. The van der Waals surface area contributed by atoms with E-state index in [1.807, 2.05) is 34.6 Å². The van der Waals surface area contributed by atoms with Gasteiger partial charge in [0.25, 0.3) is 0 Å². The molecular weight excluding hydrogens is 264 g/mol. The number of ether oxygens (including phenoxy) is 6. The molecule has 0 bridgehead atoms. The van der Waals surface area contributed by atoms with Gasteiger partial charge < -0.3 is 28.4 Å². The molecular formula is C14H24O6. The molecule has 6 nitrogen and oxygen atoms in total. The van der Waals surface area contributed by atoms with Crippen LogP contribution in [0.25, 0.3) is 0 Å². The first-order chi connectivity index (χ1) is 9.31. The van der Waals surface area contributed by atoms with Crippen LogP contribution in [0.5, 0.6) is 0 Å². The largest absolute Gasteiger partial charge is 0.373 e. The Balaban J connectivity index is 1.73. The zero-order valence-electron chi connectivity index (χ0n) is 12.8. The van der Waals surface area contributed by atoms with Crippen LogP contribution in [0.2, 0.25) is 0 Å². The van der Waals surface area contributed by atoms with Gasteiger partial charge in [-0.25, -0.2) is 0 Å². The Morgan fingerprint density at radius 1 is 1.00 bits per heavy atom. The second kappa shape index (κ2) is 4.90. The summed E-state index contributed by atoms with van der Waals surface area (Å²) in [5, 5.41) is 0. The summed E-state index contributed by atoms with van der Waals surface area (Å²) in [6.45, 7) is 10.6. The summed E-state index contributed by atoms with van der Waals surface area (Å²) in [5.41, 5.74) is 0. The minimum Gasteiger partial charge on any atom is -0.373 e. The van der Waals surface area contributed by atoms with Gasteiger partial charge in [-0.3, -0.25) is 0 Å². The summed E-state index contributed by atoms with van der Waals surface area (Å²) < 4.78 is 35.0. The Kier molecular flexibility index (Phi) is 3.60. The standard InChI is InChI=1S/C14H24O6/c1-6-15-10-9(8-7-16-13(2,3)18-8)17-12-11(10)19-14(4,5)20-12/h8-12H,6-7H2,1-5H3/t8-,9+,10-,11+,12+/m0/s1. The molecule has 20 heavy (non-hydrogen) atoms. The summed E-state index contributed by atoms with van der Waals surface area (Å²) in [5.74, 6) is -1.22. The molecule has 0 aromatic heterocycles. The van der Waals surface area contributed by atoms with Gasteiger partial charge in [-0.2, -0.15) is 0 Å². The fourth-order valence-corrected chi connectivity index (χ4v) is 3.06. The SMILES string of the molecule is CCO[C@@H]1[C@H]2OC(C)(C)O[C@H]2O[C@@H]1[C@@H]1COC(C)(C)O1. The predicted molar refractivity (Wildman–Crippen MR) is 69.0 cm³/mol. The van der Waals surface area contributed by atoms with Crippen molar-refractivity contribution in [2.45, 2.75) is 76.9 Å². The van der Waals surface area contributed by atoms with Crippen molar-refractivity contribution in [2.75, 3.05) is 13.2 Å². The van der Waals surface area contributed by atoms with Gasteiger partial charge in [0, 0.05) is 6.61 Å². The smallest absolute Gasteiger partial charge is 0.190 e. The first-order valence-corrected chi connectivity index (χ1v) is 7.26. The van der Waals surface area contributed by atoms with Crippen molar-refractivity contribution >= 4 is 0 Å². The Labute approximate surface area is 119 Å². The number of hydrogen-bond acceptors (Lipinski definition) is 6. The van der Waals surface area contributed by atoms with Gasteiger partial charge in [-0.15, -0.1) is 0 Å². The van der Waals surface area contributed by atoms with Gasteiger partial charge in [-0.1, -0.05) is 0 Å². The molecule has 3 fully saturated rings. The fraction of sp³-hybridized carbons (Fsp3) is 1.00. The van der Waals surface area contributed by atoms with Crippen LogP contribution in [-0.2, 0) is 28.4 Å². The van der Waals surface area contributed by atoms with E-state index in [1.54, 1.807) is 0 Å². The topological polar surface area (TPSA) is 55.4 Å². The molecule has 6 heteroatoms. The lowest BCUT2D eigenvalue weighted by molar-refractivity contribution is -0.235. The second-order valence-electron chi connectivity index (χ2n) is 6.36. The van der Waals surface area contributed by atoms with Crippen molar-refractivity contribution in [2.24, 2.45) is 0 Å². The molecule has 3 saturated heterocycles. The third-order valence-electron chi connectivity index (χ3n) is 3.78. The average molecular weight is 288 g/mol. The first-order valence-electron chi connectivity index (χ1n) is 7.26. The van der Waals surface area contributed by atoms with E-state index in [0.29, 0.717) is 13.2 Å². The van der Waals surface area contributed by atoms with E-state index in [9.17, 15) is 0 Å². The molecule has 116 valence electrons. The third kappa shape index (κ3) is 2.61. The van der Waals surface area contributed by atoms with Crippen LogP contribution in [0.4, 0.5) is 0 Å². The van der Waals surface area contributed by atoms with Crippen LogP contribution in [0.1, 0.15) is 34.6 Å². The van der Waals surface area contributed by atoms with E-state index in [0.717, 1.165) is 0 Å². The molecule has 0 aromatic rings. The van der Waals surface area contributed by atoms with E-state index >= 15 is 0 Å². The zero-order chi connectivity index (χ0) is 14.5. The average Bonchev–Trinajstić information content (AvgIpc) is 2.91. The van der Waals surface area contributed by atoms with Crippen molar-refractivity contribution in [3.63, 3.8) is 0 Å². The van der Waals surface area contributed by atoms with Crippen LogP contribution in [0, 0.1) is 0 Å². The highest BCUT2D eigenvalue weighted by Gasteiger charge is 2.58. The van der Waals surface area contributed by atoms with Gasteiger partial charge >= 0.3 is 0 Å². The van der Waals surface area contributed by atoms with Crippen LogP contribution >= 0.6 is 0 Å². The highest BCUT2D eigenvalue weighted by Crippen LogP contribution is 2.41. The normalized spacial score (nSPS) is 45.8. The summed E-state index contributed by atoms with van der Waals surface area (Å²) >= 11 is 0. The van der Waals surface area contributed by atoms with Crippen molar-refractivity contribution in [3.05, 3.63) is 0 Å². The molecule has 5 atom stereocenters. The summed E-state index contributed by atoms with van der Waals surface area (Å²) in [6.07, 6.45) is -1.22. The van der Waals surface area contributed by atoms with Crippen LogP contribution < -0.4 is 0 Å². The van der Waals surface area contributed by atoms with E-state index in [2.05, 4.69) is 0 Å². The van der Waals surface area contributed by atoms with Crippen molar-refractivity contribution in [3.8, 4) is 0 Å². The monoisotopic (exact) mass is 288 g/mol. The number of hydrogen-bond donors (Lipinski definition) is 0. The van der Waals surface area contributed by atoms with E-state index in [1.165, 1.54) is 0 Å². The zero-order valence-corrected chi connectivity index (χ0v) is 12.8. The van der Waals surface area contributed by atoms with E-state index in [-0.39, 0.29) is 24.4 Å². The van der Waals surface area contributed by atoms with E-state index in [4.69, 9.17) is 28.4 Å². The van der Waals surface area contributed by atoms with Gasteiger partial charge in [0.15, 0.2) is 17.9 Å². The molecule has 3 aliphatic heterocycles.